The van der Waals surface area contributed by atoms with E-state index in [0.29, 0.717) is 19.7 Å². The number of benzene rings is 1. The van der Waals surface area contributed by atoms with E-state index in [1.807, 2.05) is 44.2 Å². The summed E-state index contributed by atoms with van der Waals surface area (Å²) in [7, 11) is 0. The Morgan fingerprint density at radius 2 is 2.04 bits per heavy atom. The molecule has 23 heavy (non-hydrogen) atoms. The molecule has 1 heterocycles. The Morgan fingerprint density at radius 1 is 1.22 bits per heavy atom. The van der Waals surface area contributed by atoms with Gasteiger partial charge >= 0.3 is 0 Å². The van der Waals surface area contributed by atoms with E-state index >= 15 is 0 Å². The summed E-state index contributed by atoms with van der Waals surface area (Å²) in [6.45, 7) is 6.70. The Kier molecular flexibility index (Phi) is 9.11. The van der Waals surface area contributed by atoms with Crippen LogP contribution in [0, 0.1) is 0 Å². The zero-order valence-electron chi connectivity index (χ0n) is 13.5. The molecule has 0 bridgehead atoms. The first-order chi connectivity index (χ1) is 10.8. The molecular formula is C16H24IN5O. The molecule has 0 amide bonds. The fraction of sp³-hybridized carbons (Fsp3) is 0.375. The van der Waals surface area contributed by atoms with Gasteiger partial charge in [-0.2, -0.15) is 5.10 Å². The van der Waals surface area contributed by atoms with Gasteiger partial charge in [-0.15, -0.1) is 24.0 Å². The molecular weight excluding hydrogens is 405 g/mol. The number of rotatable bonds is 7. The van der Waals surface area contributed by atoms with Crippen LogP contribution in [0.4, 0.5) is 0 Å². The summed E-state index contributed by atoms with van der Waals surface area (Å²) >= 11 is 0. The first-order valence-corrected chi connectivity index (χ1v) is 7.54. The predicted molar refractivity (Wildman–Crippen MR) is 103 cm³/mol. The monoisotopic (exact) mass is 429 g/mol. The van der Waals surface area contributed by atoms with Crippen LogP contribution in [0.2, 0.25) is 0 Å². The summed E-state index contributed by atoms with van der Waals surface area (Å²) in [6, 6.07) is 9.91. The zero-order chi connectivity index (χ0) is 15.6. The van der Waals surface area contributed by atoms with Crippen LogP contribution in [0.15, 0.2) is 41.5 Å². The molecule has 2 aromatic rings. The zero-order valence-corrected chi connectivity index (χ0v) is 15.8. The van der Waals surface area contributed by atoms with Crippen molar-refractivity contribution >= 4 is 29.9 Å². The minimum absolute atomic E-state index is 0. The van der Waals surface area contributed by atoms with Crippen molar-refractivity contribution in [3.8, 4) is 5.75 Å². The number of ether oxygens (including phenoxy) is 1. The maximum Gasteiger partial charge on any atom is 0.191 e. The average molecular weight is 429 g/mol. The van der Waals surface area contributed by atoms with Gasteiger partial charge in [0, 0.05) is 18.3 Å². The lowest BCUT2D eigenvalue weighted by Crippen LogP contribution is -2.36. The lowest BCUT2D eigenvalue weighted by atomic mass is 10.2. The van der Waals surface area contributed by atoms with Crippen molar-refractivity contribution in [2.45, 2.75) is 26.9 Å². The second-order valence-electron chi connectivity index (χ2n) is 4.67. The van der Waals surface area contributed by atoms with E-state index in [9.17, 15) is 0 Å². The molecule has 1 aromatic heterocycles. The molecule has 0 aliphatic heterocycles. The van der Waals surface area contributed by atoms with E-state index in [1.165, 1.54) is 0 Å². The number of aromatic nitrogens is 2. The van der Waals surface area contributed by atoms with Gasteiger partial charge in [0.2, 0.25) is 0 Å². The molecule has 0 atom stereocenters. The first kappa shape index (κ1) is 19.3. The second-order valence-corrected chi connectivity index (χ2v) is 4.67. The van der Waals surface area contributed by atoms with Crippen LogP contribution < -0.4 is 15.4 Å². The average Bonchev–Trinajstić information content (AvgIpc) is 3.05. The van der Waals surface area contributed by atoms with Crippen LogP contribution in [0.25, 0.3) is 0 Å². The Balaban J connectivity index is 0.00000264. The van der Waals surface area contributed by atoms with Gasteiger partial charge in [0.1, 0.15) is 5.75 Å². The molecule has 0 fully saturated rings. The van der Waals surface area contributed by atoms with Gasteiger partial charge in [-0.05, 0) is 26.0 Å². The Labute approximate surface area is 154 Å². The number of guanidine groups is 1. The van der Waals surface area contributed by atoms with Crippen LogP contribution in [0.5, 0.6) is 5.75 Å². The van der Waals surface area contributed by atoms with Gasteiger partial charge in [0.05, 0.1) is 25.4 Å². The fourth-order valence-corrected chi connectivity index (χ4v) is 2.00. The molecule has 3 N–H and O–H groups in total. The standard InChI is InChI=1S/C16H23N5O.HI/c1-3-17-16(19-12-14-9-10-20-21-14)18-11-13-7-5-6-8-15(13)22-4-2;/h5-10H,3-4,11-12H2,1-2H3,(H,20,21)(H2,17,18,19);1H. The predicted octanol–water partition coefficient (Wildman–Crippen LogP) is 2.68. The summed E-state index contributed by atoms with van der Waals surface area (Å²) in [5.74, 6) is 1.65. The van der Waals surface area contributed by atoms with Gasteiger partial charge in [-0.25, -0.2) is 4.99 Å². The normalized spacial score (nSPS) is 10.8. The van der Waals surface area contributed by atoms with Crippen molar-refractivity contribution < 1.29 is 4.74 Å². The highest BCUT2D eigenvalue weighted by Crippen LogP contribution is 2.18. The lowest BCUT2D eigenvalue weighted by molar-refractivity contribution is 0.336. The maximum absolute atomic E-state index is 5.62. The van der Waals surface area contributed by atoms with Crippen LogP contribution >= 0.6 is 24.0 Å². The summed E-state index contributed by atoms with van der Waals surface area (Å²) in [5, 5.41) is 13.4. The highest BCUT2D eigenvalue weighted by molar-refractivity contribution is 14.0. The number of hydrogen-bond acceptors (Lipinski definition) is 3. The van der Waals surface area contributed by atoms with E-state index in [2.05, 4.69) is 25.8 Å². The molecule has 126 valence electrons. The van der Waals surface area contributed by atoms with Crippen LogP contribution in [-0.4, -0.2) is 29.3 Å². The van der Waals surface area contributed by atoms with Crippen molar-refractivity contribution in [2.75, 3.05) is 13.2 Å². The smallest absolute Gasteiger partial charge is 0.191 e. The molecule has 0 aliphatic carbocycles. The molecule has 0 aliphatic rings. The summed E-state index contributed by atoms with van der Waals surface area (Å²) in [6.07, 6.45) is 1.74. The summed E-state index contributed by atoms with van der Waals surface area (Å²) in [5.41, 5.74) is 2.09. The van der Waals surface area contributed by atoms with Crippen LogP contribution in [0.1, 0.15) is 25.1 Å². The topological polar surface area (TPSA) is 74.3 Å². The number of nitrogens with one attached hydrogen (secondary N) is 3. The highest BCUT2D eigenvalue weighted by atomic mass is 127. The summed E-state index contributed by atoms with van der Waals surface area (Å²) < 4.78 is 5.62. The molecule has 0 radical (unpaired) electrons. The van der Waals surface area contributed by atoms with Crippen molar-refractivity contribution in [2.24, 2.45) is 4.99 Å². The second kappa shape index (κ2) is 10.9. The molecule has 2 rings (SSSR count). The van der Waals surface area contributed by atoms with Crippen molar-refractivity contribution in [1.82, 2.24) is 20.8 Å². The number of aromatic amines is 1. The van der Waals surface area contributed by atoms with E-state index in [1.54, 1.807) is 6.20 Å². The molecule has 0 spiro atoms. The van der Waals surface area contributed by atoms with Gasteiger partial charge in [0.25, 0.3) is 0 Å². The lowest BCUT2D eigenvalue weighted by Gasteiger charge is -2.12. The third kappa shape index (κ3) is 6.47. The maximum atomic E-state index is 5.62. The highest BCUT2D eigenvalue weighted by Gasteiger charge is 2.03. The molecule has 6 nitrogen and oxygen atoms in total. The van der Waals surface area contributed by atoms with Crippen molar-refractivity contribution in [3.05, 3.63) is 47.8 Å². The number of para-hydroxylation sites is 1. The quantitative estimate of drug-likeness (QED) is 0.360. The minimum atomic E-state index is 0. The SMILES string of the molecule is CCNC(=NCc1ccccc1OCC)NCc1ccn[nH]1.I. The third-order valence-corrected chi connectivity index (χ3v) is 3.03. The Hall–Kier alpha value is -1.77. The van der Waals surface area contributed by atoms with E-state index < -0.39 is 0 Å². The number of aliphatic imine (C=N–C) groups is 1. The van der Waals surface area contributed by atoms with E-state index in [4.69, 9.17) is 4.74 Å². The number of nitrogens with zero attached hydrogens (tertiary/aromatic N) is 2. The van der Waals surface area contributed by atoms with Crippen molar-refractivity contribution in [3.63, 3.8) is 0 Å². The van der Waals surface area contributed by atoms with Gasteiger partial charge in [0.15, 0.2) is 5.96 Å². The van der Waals surface area contributed by atoms with Gasteiger partial charge < -0.3 is 15.4 Å². The molecule has 1 aromatic carbocycles. The Bertz CT molecular complexity index is 586. The number of halogens is 1. The van der Waals surface area contributed by atoms with Crippen LogP contribution in [-0.2, 0) is 13.1 Å². The molecule has 0 saturated heterocycles. The molecule has 0 saturated carbocycles. The minimum Gasteiger partial charge on any atom is -0.494 e. The third-order valence-electron chi connectivity index (χ3n) is 3.03. The first-order valence-electron chi connectivity index (χ1n) is 7.54. The van der Waals surface area contributed by atoms with Gasteiger partial charge in [-0.3, -0.25) is 5.10 Å². The van der Waals surface area contributed by atoms with E-state index in [0.717, 1.165) is 29.5 Å². The largest absolute Gasteiger partial charge is 0.494 e. The van der Waals surface area contributed by atoms with E-state index in [-0.39, 0.29) is 24.0 Å². The van der Waals surface area contributed by atoms with Crippen molar-refractivity contribution in [1.29, 1.82) is 0 Å². The Morgan fingerprint density at radius 3 is 2.74 bits per heavy atom. The molecule has 7 heteroatoms. The summed E-state index contributed by atoms with van der Waals surface area (Å²) in [4.78, 5) is 4.61. The van der Waals surface area contributed by atoms with Gasteiger partial charge in [-0.1, -0.05) is 18.2 Å². The molecule has 0 unspecified atom stereocenters. The fourth-order valence-electron chi connectivity index (χ4n) is 2.00. The number of H-pyrrole nitrogens is 1. The van der Waals surface area contributed by atoms with Crippen LogP contribution in [0.3, 0.4) is 0 Å². The number of hydrogen-bond donors (Lipinski definition) is 3.